The lowest BCUT2D eigenvalue weighted by Gasteiger charge is -2.34. The number of ether oxygens (including phenoxy) is 1. The second-order valence-corrected chi connectivity index (χ2v) is 20.6. The molecule has 0 unspecified atom stereocenters. The van der Waals surface area contributed by atoms with Crippen LogP contribution in [-0.4, -0.2) is 173 Å². The Morgan fingerprint density at radius 3 is 1.29 bits per heavy atom. The van der Waals surface area contributed by atoms with Crippen molar-refractivity contribution < 1.29 is 28.9 Å². The van der Waals surface area contributed by atoms with Gasteiger partial charge in [0.05, 0.1) is 24.0 Å². The highest BCUT2D eigenvalue weighted by Gasteiger charge is 2.18. The number of piperazine rings is 3. The van der Waals surface area contributed by atoms with Gasteiger partial charge in [-0.15, -0.1) is 24.0 Å². The van der Waals surface area contributed by atoms with Crippen LogP contribution < -0.4 is 20.9 Å². The van der Waals surface area contributed by atoms with Crippen molar-refractivity contribution in [1.29, 1.82) is 0 Å². The molecule has 0 amide bonds. The molecular weight excluding hydrogens is 1120 g/mol. The zero-order valence-electron chi connectivity index (χ0n) is 47.9. The molecule has 4 aromatic carbocycles. The highest BCUT2D eigenvalue weighted by molar-refractivity contribution is 6.17. The largest absolute Gasteiger partial charge is 0.508 e. The van der Waals surface area contributed by atoms with Crippen LogP contribution in [0.3, 0.4) is 0 Å². The van der Waals surface area contributed by atoms with E-state index in [1.165, 1.54) is 17.2 Å². The fraction of sp³-hybridized carbons (Fsp3) is 0.318. The van der Waals surface area contributed by atoms with Crippen LogP contribution in [0, 0.1) is 0 Å². The minimum Gasteiger partial charge on any atom is -0.508 e. The molecule has 448 valence electrons. The summed E-state index contributed by atoms with van der Waals surface area (Å²) in [6, 6.07) is 43.8. The van der Waals surface area contributed by atoms with Gasteiger partial charge in [-0.25, -0.2) is 0 Å². The zero-order chi connectivity index (χ0) is 58.6. The third-order valence-electron chi connectivity index (χ3n) is 14.4. The summed E-state index contributed by atoms with van der Waals surface area (Å²) < 4.78 is 17.6. The van der Waals surface area contributed by atoms with E-state index in [1.807, 2.05) is 85.5 Å². The van der Waals surface area contributed by atoms with E-state index in [0.717, 1.165) is 134 Å². The number of aromatic hydroxyl groups is 1. The van der Waals surface area contributed by atoms with Crippen molar-refractivity contribution in [2.24, 2.45) is 0 Å². The Hall–Kier alpha value is -7.39. The molecule has 85 heavy (non-hydrogen) atoms. The number of hydrogen-bond acceptors (Lipinski definition) is 17. The number of aromatic nitrogens is 3. The molecule has 12 rings (SSSR count). The van der Waals surface area contributed by atoms with Gasteiger partial charge in [0.15, 0.2) is 10.9 Å². The standard InChI is InChI=1S/C27H27N3O3.C15H10O3.C12H19N3O.C6H6ClN.C6H14N2O.ClH/c31-25-19-27(33-26-4-2-1-3-24(25)26)22-5-7-23(8-6-22)32-18-17-29-13-15-30(16-14-29)20-21-9-11-28-12-10-21;16-11-7-5-10(6-8-11)15-9-13(17)12-3-1-2-4-14(12)18-15;16-10-9-14-5-7-15(8-6-14)11-12-1-3-13-4-2-12;7-5-6-1-3-8-4-2-6;9-6-5-8-3-1-7-2-4-8;/h1-12,19H,13-18,20H2;1-9,16H;1-4,16H,5-11H2;1-4H,5H2;7,9H,1-6H2;1H. The number of aliphatic hydroxyl groups excluding tert-OH is 2. The molecule has 0 saturated carbocycles. The summed E-state index contributed by atoms with van der Waals surface area (Å²) in [4.78, 5) is 48.2. The quantitative estimate of drug-likeness (QED) is 0.0712. The maximum atomic E-state index is 12.3. The Morgan fingerprint density at radius 2 is 0.871 bits per heavy atom. The van der Waals surface area contributed by atoms with Crippen LogP contribution in [0.2, 0.25) is 0 Å². The number of para-hydroxylation sites is 2. The first-order valence-corrected chi connectivity index (χ1v) is 29.1. The Labute approximate surface area is 508 Å². The van der Waals surface area contributed by atoms with Crippen molar-refractivity contribution >= 4 is 45.9 Å². The molecule has 3 fully saturated rings. The molecule has 0 atom stereocenters. The van der Waals surface area contributed by atoms with Crippen molar-refractivity contribution in [3.63, 3.8) is 0 Å². The Morgan fingerprint density at radius 1 is 0.482 bits per heavy atom. The van der Waals surface area contributed by atoms with E-state index in [4.69, 9.17) is 35.4 Å². The van der Waals surface area contributed by atoms with Gasteiger partial charge in [0.2, 0.25) is 0 Å². The summed E-state index contributed by atoms with van der Waals surface area (Å²) in [7, 11) is 0. The predicted molar refractivity (Wildman–Crippen MR) is 339 cm³/mol. The van der Waals surface area contributed by atoms with Gasteiger partial charge in [-0.3, -0.25) is 49.0 Å². The Bertz CT molecular complexity index is 3420. The van der Waals surface area contributed by atoms with Gasteiger partial charge in [0.1, 0.15) is 40.8 Å². The lowest BCUT2D eigenvalue weighted by molar-refractivity contribution is 0.108. The SMILES string of the molecule is Cl.ClCc1ccncc1.O=c1cc(-c2ccc(O)cc2)oc2ccccc12.O=c1cc(-c2ccc(OCCN3CCN(Cc4ccncc4)CC3)cc2)oc2ccccc12.OCCN1CCN(Cc2ccncc2)CC1.OCCN1CCNCC1. The maximum Gasteiger partial charge on any atom is 0.193 e. The number of rotatable bonds is 15. The maximum absolute atomic E-state index is 12.3. The van der Waals surface area contributed by atoms with Crippen molar-refractivity contribution in [3.05, 3.63) is 220 Å². The molecule has 4 N–H and O–H groups in total. The number of fused-ring (bicyclic) bond motifs is 2. The molecule has 5 aromatic heterocycles. The summed E-state index contributed by atoms with van der Waals surface area (Å²) in [6.45, 7) is 18.6. The van der Waals surface area contributed by atoms with Crippen molar-refractivity contribution in [2.45, 2.75) is 19.0 Å². The lowest BCUT2D eigenvalue weighted by Crippen LogP contribution is -2.47. The van der Waals surface area contributed by atoms with E-state index in [2.05, 4.69) is 69.0 Å². The van der Waals surface area contributed by atoms with Gasteiger partial charge in [-0.1, -0.05) is 24.3 Å². The van der Waals surface area contributed by atoms with E-state index < -0.39 is 0 Å². The molecule has 19 heteroatoms. The summed E-state index contributed by atoms with van der Waals surface area (Å²) >= 11 is 5.50. The number of β-amino-alcohol motifs (C(OH)–C–C–N with tert-alkyl or cyclic N) is 2. The van der Waals surface area contributed by atoms with E-state index in [-0.39, 0.29) is 35.6 Å². The molecule has 3 aliphatic rings. The van der Waals surface area contributed by atoms with Gasteiger partial charge in [-0.2, -0.15) is 0 Å². The van der Waals surface area contributed by atoms with Gasteiger partial charge in [-0.05, 0) is 126 Å². The van der Waals surface area contributed by atoms with E-state index in [9.17, 15) is 14.7 Å². The number of nitrogens with one attached hydrogen (secondary N) is 1. The van der Waals surface area contributed by atoms with Gasteiger partial charge < -0.3 is 34.2 Å². The van der Waals surface area contributed by atoms with Crippen LogP contribution in [-0.2, 0) is 19.0 Å². The van der Waals surface area contributed by atoms with E-state index >= 15 is 0 Å². The fourth-order valence-corrected chi connectivity index (χ4v) is 9.83. The molecule has 3 saturated heterocycles. The Balaban J connectivity index is 0.000000168. The van der Waals surface area contributed by atoms with Crippen LogP contribution in [0.25, 0.3) is 44.6 Å². The lowest BCUT2D eigenvalue weighted by atomic mass is 10.1. The number of nitrogens with zero attached hydrogens (tertiary/aromatic N) is 8. The minimum absolute atomic E-state index is 0. The minimum atomic E-state index is -0.0695. The van der Waals surface area contributed by atoms with Crippen LogP contribution >= 0.6 is 24.0 Å². The highest BCUT2D eigenvalue weighted by atomic mass is 35.5. The number of phenols is 1. The average molecular weight is 1200 g/mol. The van der Waals surface area contributed by atoms with Gasteiger partial charge >= 0.3 is 0 Å². The van der Waals surface area contributed by atoms with Crippen LogP contribution in [0.15, 0.2) is 201 Å². The van der Waals surface area contributed by atoms with E-state index in [0.29, 0.717) is 52.6 Å². The number of aliphatic hydroxyl groups is 2. The molecule has 0 radical (unpaired) electrons. The predicted octanol–water partition coefficient (Wildman–Crippen LogP) is 8.53. The first-order chi connectivity index (χ1) is 41.2. The third-order valence-corrected chi connectivity index (χ3v) is 14.7. The van der Waals surface area contributed by atoms with Crippen molar-refractivity contribution in [2.75, 3.05) is 118 Å². The first-order valence-electron chi connectivity index (χ1n) is 28.6. The average Bonchev–Trinajstić information content (AvgIpc) is 3.60. The van der Waals surface area contributed by atoms with Gasteiger partial charge in [0.25, 0.3) is 0 Å². The summed E-state index contributed by atoms with van der Waals surface area (Å²) in [5.74, 6) is 2.64. The summed E-state index contributed by atoms with van der Waals surface area (Å²) in [5, 5.41) is 31.1. The third kappa shape index (κ3) is 21.6. The van der Waals surface area contributed by atoms with Crippen LogP contribution in [0.5, 0.6) is 11.5 Å². The number of benzene rings is 4. The fourth-order valence-electron chi connectivity index (χ4n) is 9.65. The second kappa shape index (κ2) is 35.8. The van der Waals surface area contributed by atoms with Crippen LogP contribution in [0.4, 0.5) is 0 Å². The van der Waals surface area contributed by atoms with E-state index in [1.54, 1.807) is 67.0 Å². The molecule has 17 nitrogen and oxygen atoms in total. The van der Waals surface area contributed by atoms with Gasteiger partial charge in [0, 0.05) is 178 Å². The normalized spacial score (nSPS) is 14.9. The number of pyridine rings is 3. The summed E-state index contributed by atoms with van der Waals surface area (Å²) in [5.41, 5.74) is 6.42. The van der Waals surface area contributed by atoms with Crippen LogP contribution in [0.1, 0.15) is 16.7 Å². The molecule has 8 heterocycles. The number of hydrogen-bond donors (Lipinski definition) is 4. The smallest absolute Gasteiger partial charge is 0.193 e. The zero-order valence-corrected chi connectivity index (χ0v) is 49.5. The molecule has 3 aliphatic heterocycles. The first kappa shape index (κ1) is 65.2. The molecule has 0 spiro atoms. The molecule has 0 aliphatic carbocycles. The Kier molecular flexibility index (Phi) is 27.4. The highest BCUT2D eigenvalue weighted by Crippen LogP contribution is 2.26. The molecule has 0 bridgehead atoms. The van der Waals surface area contributed by atoms with Crippen molar-refractivity contribution in [3.8, 4) is 34.1 Å². The molecule has 9 aromatic rings. The topological polar surface area (TPSA) is 197 Å². The number of phenolic OH excluding ortho intramolecular Hbond substituents is 1. The monoisotopic (exact) mass is 1190 g/mol. The molecular formula is C66H77Cl2N9O8. The number of halogens is 2. The summed E-state index contributed by atoms with van der Waals surface area (Å²) in [6.07, 6.45) is 10.9. The van der Waals surface area contributed by atoms with Crippen molar-refractivity contribution in [1.82, 2.24) is 44.8 Å². The number of alkyl halides is 1. The second-order valence-electron chi connectivity index (χ2n) is 20.3.